The van der Waals surface area contributed by atoms with E-state index in [9.17, 15) is 9.59 Å². The molecule has 1 saturated carbocycles. The van der Waals surface area contributed by atoms with Crippen molar-refractivity contribution < 1.29 is 14.3 Å². The molecule has 0 radical (unpaired) electrons. The Labute approximate surface area is 121 Å². The number of likely N-dealkylation sites (tertiary alicyclic amines) is 1. The first-order valence-corrected chi connectivity index (χ1v) is 7.56. The Bertz CT molecular complexity index is 389. The zero-order valence-electron chi connectivity index (χ0n) is 12.9. The molecule has 2 rings (SSSR count). The lowest BCUT2D eigenvalue weighted by molar-refractivity contribution is -0.125. The second-order valence-corrected chi connectivity index (χ2v) is 6.87. The van der Waals surface area contributed by atoms with Crippen molar-refractivity contribution in [3.05, 3.63) is 0 Å². The number of amides is 2. The maximum absolute atomic E-state index is 12.5. The number of carbonyl (C=O) groups excluding carboxylic acids is 2. The number of hydrogen-bond acceptors (Lipinski definition) is 3. The third kappa shape index (κ3) is 3.07. The van der Waals surface area contributed by atoms with Crippen molar-refractivity contribution in [1.82, 2.24) is 10.2 Å². The highest BCUT2D eigenvalue weighted by Crippen LogP contribution is 2.40. The zero-order valence-corrected chi connectivity index (χ0v) is 12.9. The van der Waals surface area contributed by atoms with Crippen LogP contribution in [0.5, 0.6) is 0 Å². The van der Waals surface area contributed by atoms with Crippen LogP contribution in [0, 0.1) is 5.92 Å². The van der Waals surface area contributed by atoms with Gasteiger partial charge in [-0.15, -0.1) is 0 Å². The highest BCUT2D eigenvalue weighted by molar-refractivity contribution is 5.86. The van der Waals surface area contributed by atoms with Crippen molar-refractivity contribution in [3.8, 4) is 0 Å². The van der Waals surface area contributed by atoms with Crippen LogP contribution >= 0.6 is 0 Å². The maximum Gasteiger partial charge on any atom is 0.411 e. The van der Waals surface area contributed by atoms with Crippen LogP contribution in [-0.4, -0.2) is 41.6 Å². The third-order valence-electron chi connectivity index (χ3n) is 4.24. The Kier molecular flexibility index (Phi) is 4.25. The van der Waals surface area contributed by atoms with Crippen molar-refractivity contribution in [1.29, 1.82) is 0 Å². The first kappa shape index (κ1) is 15.1. The van der Waals surface area contributed by atoms with Crippen LogP contribution in [0.3, 0.4) is 0 Å². The Morgan fingerprint density at radius 3 is 2.45 bits per heavy atom. The van der Waals surface area contributed by atoms with Gasteiger partial charge in [0.05, 0.1) is 0 Å². The van der Waals surface area contributed by atoms with Gasteiger partial charge in [0.1, 0.15) is 11.6 Å². The first-order valence-electron chi connectivity index (χ1n) is 7.56. The van der Waals surface area contributed by atoms with Gasteiger partial charge < -0.3 is 10.1 Å². The standard InChI is InChI=1S/C15H26N2O3/c1-15(2,3)20-14(19)17-11-8-6-5-7-10(11)9-12(17)13(18)16-4/h10-12H,5-9H2,1-4H3,(H,16,18)/t10-,11-,12-/m0/s1. The van der Waals surface area contributed by atoms with Crippen LogP contribution < -0.4 is 5.32 Å². The van der Waals surface area contributed by atoms with Gasteiger partial charge in [0.2, 0.25) is 5.91 Å². The molecule has 114 valence electrons. The molecule has 0 bridgehead atoms. The second kappa shape index (κ2) is 5.62. The van der Waals surface area contributed by atoms with Crippen molar-refractivity contribution in [2.24, 2.45) is 5.92 Å². The van der Waals surface area contributed by atoms with Crippen LogP contribution in [0.2, 0.25) is 0 Å². The first-order chi connectivity index (χ1) is 9.33. The lowest BCUT2D eigenvalue weighted by Gasteiger charge is -2.34. The normalized spacial score (nSPS) is 29.8. The summed E-state index contributed by atoms with van der Waals surface area (Å²) in [6.45, 7) is 5.57. The molecule has 5 nitrogen and oxygen atoms in total. The zero-order chi connectivity index (χ0) is 14.9. The van der Waals surface area contributed by atoms with E-state index >= 15 is 0 Å². The predicted molar refractivity (Wildman–Crippen MR) is 76.3 cm³/mol. The van der Waals surface area contributed by atoms with Gasteiger partial charge in [-0.1, -0.05) is 12.8 Å². The molecular weight excluding hydrogens is 256 g/mol. The molecule has 1 saturated heterocycles. The topological polar surface area (TPSA) is 58.6 Å². The van der Waals surface area contributed by atoms with Gasteiger partial charge in [0.15, 0.2) is 0 Å². The molecule has 20 heavy (non-hydrogen) atoms. The summed E-state index contributed by atoms with van der Waals surface area (Å²) in [6, 6.07) is -0.205. The molecule has 1 heterocycles. The molecule has 2 amide bonds. The van der Waals surface area contributed by atoms with Crippen LogP contribution in [0.4, 0.5) is 4.79 Å². The molecule has 1 N–H and O–H groups in total. The SMILES string of the molecule is CNC(=O)[C@@H]1C[C@@H]2CCCC[C@@H]2N1C(=O)OC(C)(C)C. The fraction of sp³-hybridized carbons (Fsp3) is 0.867. The van der Waals surface area contributed by atoms with Crippen molar-refractivity contribution in [3.63, 3.8) is 0 Å². The predicted octanol–water partition coefficient (Wildman–Crippen LogP) is 2.30. The maximum atomic E-state index is 12.5. The summed E-state index contributed by atoms with van der Waals surface area (Å²) in [6.07, 6.45) is 4.84. The number of hydrogen-bond donors (Lipinski definition) is 1. The number of likely N-dealkylation sites (N-methyl/N-ethyl adjacent to an activating group) is 1. The van der Waals surface area contributed by atoms with Crippen LogP contribution in [0.25, 0.3) is 0 Å². The molecule has 3 atom stereocenters. The minimum Gasteiger partial charge on any atom is -0.444 e. The molecule has 2 aliphatic rings. The molecular formula is C15H26N2O3. The fourth-order valence-electron chi connectivity index (χ4n) is 3.44. The van der Waals surface area contributed by atoms with E-state index in [4.69, 9.17) is 4.74 Å². The van der Waals surface area contributed by atoms with Crippen molar-refractivity contribution in [2.45, 2.75) is 70.6 Å². The van der Waals surface area contributed by atoms with E-state index in [0.29, 0.717) is 5.92 Å². The fourth-order valence-corrected chi connectivity index (χ4v) is 3.44. The summed E-state index contributed by atoms with van der Waals surface area (Å²) in [7, 11) is 1.62. The van der Waals surface area contributed by atoms with Gasteiger partial charge in [-0.3, -0.25) is 9.69 Å². The molecule has 2 fully saturated rings. The summed E-state index contributed by atoms with van der Waals surface area (Å²) in [5, 5.41) is 2.68. The summed E-state index contributed by atoms with van der Waals surface area (Å²) >= 11 is 0. The monoisotopic (exact) mass is 282 g/mol. The molecule has 1 aliphatic carbocycles. The van der Waals surface area contributed by atoms with E-state index in [1.165, 1.54) is 6.42 Å². The number of ether oxygens (including phenoxy) is 1. The third-order valence-corrected chi connectivity index (χ3v) is 4.24. The number of fused-ring (bicyclic) bond motifs is 1. The van der Waals surface area contributed by atoms with E-state index in [-0.39, 0.29) is 24.1 Å². The van der Waals surface area contributed by atoms with E-state index in [2.05, 4.69) is 5.32 Å². The number of nitrogens with one attached hydrogen (secondary N) is 1. The highest BCUT2D eigenvalue weighted by Gasteiger charge is 2.48. The van der Waals surface area contributed by atoms with Crippen molar-refractivity contribution in [2.75, 3.05) is 7.05 Å². The lowest BCUT2D eigenvalue weighted by Crippen LogP contribution is -2.50. The molecule has 0 aromatic rings. The van der Waals surface area contributed by atoms with Gasteiger partial charge in [-0.05, 0) is 46.0 Å². The highest BCUT2D eigenvalue weighted by atomic mass is 16.6. The van der Waals surface area contributed by atoms with E-state index < -0.39 is 5.60 Å². The molecule has 0 aromatic heterocycles. The van der Waals surface area contributed by atoms with Crippen LogP contribution in [0.1, 0.15) is 52.9 Å². The minimum atomic E-state index is -0.531. The van der Waals surface area contributed by atoms with E-state index in [1.807, 2.05) is 20.8 Å². The summed E-state index contributed by atoms with van der Waals surface area (Å²) in [5.41, 5.74) is -0.531. The van der Waals surface area contributed by atoms with Gasteiger partial charge in [-0.2, -0.15) is 0 Å². The van der Waals surface area contributed by atoms with Crippen molar-refractivity contribution >= 4 is 12.0 Å². The Hall–Kier alpha value is -1.26. The van der Waals surface area contributed by atoms with E-state index in [0.717, 1.165) is 25.7 Å². The number of nitrogens with zero attached hydrogens (tertiary/aromatic N) is 1. The van der Waals surface area contributed by atoms with Crippen LogP contribution in [-0.2, 0) is 9.53 Å². The second-order valence-electron chi connectivity index (χ2n) is 6.87. The van der Waals surface area contributed by atoms with Gasteiger partial charge in [0.25, 0.3) is 0 Å². The molecule has 5 heteroatoms. The summed E-state index contributed by atoms with van der Waals surface area (Å²) in [4.78, 5) is 26.2. The molecule has 0 aromatic carbocycles. The molecule has 1 aliphatic heterocycles. The molecule has 0 unspecified atom stereocenters. The smallest absolute Gasteiger partial charge is 0.411 e. The summed E-state index contributed by atoms with van der Waals surface area (Å²) in [5.74, 6) is 0.365. The van der Waals surface area contributed by atoms with Gasteiger partial charge in [-0.25, -0.2) is 4.79 Å². The number of rotatable bonds is 1. The average molecular weight is 282 g/mol. The Morgan fingerprint density at radius 1 is 1.20 bits per heavy atom. The quantitative estimate of drug-likeness (QED) is 0.803. The Balaban J connectivity index is 2.19. The van der Waals surface area contributed by atoms with Gasteiger partial charge >= 0.3 is 6.09 Å². The Morgan fingerprint density at radius 2 is 1.85 bits per heavy atom. The molecule has 0 spiro atoms. The largest absolute Gasteiger partial charge is 0.444 e. The minimum absolute atomic E-state index is 0.0785. The number of carbonyl (C=O) groups is 2. The van der Waals surface area contributed by atoms with Crippen LogP contribution in [0.15, 0.2) is 0 Å². The summed E-state index contributed by atoms with van der Waals surface area (Å²) < 4.78 is 5.50. The van der Waals surface area contributed by atoms with E-state index in [1.54, 1.807) is 11.9 Å². The average Bonchev–Trinajstić information content (AvgIpc) is 2.75. The lowest BCUT2D eigenvalue weighted by atomic mass is 9.85. The van der Waals surface area contributed by atoms with Gasteiger partial charge in [0, 0.05) is 13.1 Å².